The summed E-state index contributed by atoms with van der Waals surface area (Å²) in [7, 11) is 0. The van der Waals surface area contributed by atoms with E-state index in [0.717, 1.165) is 24.2 Å². The zero-order chi connectivity index (χ0) is 12.8. The molecule has 2 aromatic rings. The average Bonchev–Trinajstić information content (AvgIpc) is 2.95. The summed E-state index contributed by atoms with van der Waals surface area (Å²) in [5, 5.41) is 3.52. The van der Waals surface area contributed by atoms with Gasteiger partial charge >= 0.3 is 0 Å². The van der Waals surface area contributed by atoms with E-state index < -0.39 is 0 Å². The Morgan fingerprint density at radius 3 is 3.00 bits per heavy atom. The van der Waals surface area contributed by atoms with Crippen LogP contribution in [-0.4, -0.2) is 15.6 Å². The molecule has 1 aliphatic carbocycles. The van der Waals surface area contributed by atoms with Crippen LogP contribution in [0.5, 0.6) is 0 Å². The van der Waals surface area contributed by atoms with Gasteiger partial charge in [-0.05, 0) is 43.4 Å². The van der Waals surface area contributed by atoms with Crippen molar-refractivity contribution in [3.8, 4) is 0 Å². The molecule has 2 aliphatic rings. The van der Waals surface area contributed by atoms with Gasteiger partial charge in [-0.15, -0.1) is 0 Å². The van der Waals surface area contributed by atoms with Crippen molar-refractivity contribution in [1.29, 1.82) is 0 Å². The fourth-order valence-corrected chi connectivity index (χ4v) is 2.91. The SMILES string of the molecule is Nc1ccc(C2CCc3cncn32)cc1NC1CC1. The van der Waals surface area contributed by atoms with Crippen LogP contribution >= 0.6 is 0 Å². The topological polar surface area (TPSA) is 55.9 Å². The number of nitrogens with one attached hydrogen (secondary N) is 1. The molecule has 1 unspecified atom stereocenters. The molecule has 0 spiro atoms. The fraction of sp³-hybridized carbons (Fsp3) is 0.400. The van der Waals surface area contributed by atoms with Gasteiger partial charge in [-0.25, -0.2) is 4.98 Å². The van der Waals surface area contributed by atoms with Crippen LogP contribution in [0.1, 0.15) is 36.6 Å². The van der Waals surface area contributed by atoms with Crippen molar-refractivity contribution in [2.45, 2.75) is 37.8 Å². The van der Waals surface area contributed by atoms with Gasteiger partial charge in [0.15, 0.2) is 0 Å². The lowest BCUT2D eigenvalue weighted by Gasteiger charge is -2.16. The van der Waals surface area contributed by atoms with Crippen LogP contribution in [0.2, 0.25) is 0 Å². The van der Waals surface area contributed by atoms with Gasteiger partial charge in [0.2, 0.25) is 0 Å². The van der Waals surface area contributed by atoms with E-state index in [-0.39, 0.29) is 0 Å². The number of anilines is 2. The molecule has 4 heteroatoms. The maximum absolute atomic E-state index is 6.06. The summed E-state index contributed by atoms with van der Waals surface area (Å²) in [5.74, 6) is 0. The van der Waals surface area contributed by atoms with Gasteiger partial charge < -0.3 is 15.6 Å². The van der Waals surface area contributed by atoms with Gasteiger partial charge in [-0.1, -0.05) is 6.07 Å². The Kier molecular flexibility index (Phi) is 2.31. The van der Waals surface area contributed by atoms with Crippen LogP contribution in [0.15, 0.2) is 30.7 Å². The van der Waals surface area contributed by atoms with Crippen molar-refractivity contribution in [3.05, 3.63) is 42.0 Å². The first-order chi connectivity index (χ1) is 9.31. The Bertz CT molecular complexity index is 612. The minimum absolute atomic E-state index is 0.415. The highest BCUT2D eigenvalue weighted by Gasteiger charge is 2.25. The first kappa shape index (κ1) is 10.9. The number of hydrogen-bond acceptors (Lipinski definition) is 3. The molecule has 1 fully saturated rings. The molecule has 1 aliphatic heterocycles. The summed E-state index contributed by atoms with van der Waals surface area (Å²) in [4.78, 5) is 4.24. The van der Waals surface area contributed by atoms with Gasteiger partial charge in [-0.3, -0.25) is 0 Å². The Balaban J connectivity index is 1.68. The second-order valence-corrected chi connectivity index (χ2v) is 5.61. The molecule has 0 saturated heterocycles. The second-order valence-electron chi connectivity index (χ2n) is 5.61. The van der Waals surface area contributed by atoms with Crippen molar-refractivity contribution < 1.29 is 0 Å². The summed E-state index contributed by atoms with van der Waals surface area (Å²) in [6.45, 7) is 0. The van der Waals surface area contributed by atoms with Crippen molar-refractivity contribution in [3.63, 3.8) is 0 Å². The lowest BCUT2D eigenvalue weighted by atomic mass is 10.0. The zero-order valence-electron chi connectivity index (χ0n) is 10.8. The standard InChI is InChI=1S/C15H18N4/c16-13-5-1-10(7-14(13)18-11-2-3-11)15-6-4-12-8-17-9-19(12)15/h1,5,7-9,11,15,18H,2-4,6,16H2. The van der Waals surface area contributed by atoms with E-state index >= 15 is 0 Å². The molecule has 3 N–H and O–H groups in total. The van der Waals surface area contributed by atoms with Crippen molar-refractivity contribution in [2.75, 3.05) is 11.1 Å². The maximum atomic E-state index is 6.06. The molecule has 4 nitrogen and oxygen atoms in total. The largest absolute Gasteiger partial charge is 0.397 e. The van der Waals surface area contributed by atoms with Crippen molar-refractivity contribution in [2.24, 2.45) is 0 Å². The number of imidazole rings is 1. The van der Waals surface area contributed by atoms with E-state index in [9.17, 15) is 0 Å². The summed E-state index contributed by atoms with van der Waals surface area (Å²) < 4.78 is 2.28. The molecule has 0 amide bonds. The Labute approximate surface area is 112 Å². The van der Waals surface area contributed by atoms with E-state index in [4.69, 9.17) is 5.73 Å². The number of benzene rings is 1. The molecule has 2 heterocycles. The number of fused-ring (bicyclic) bond motifs is 1. The molecule has 1 saturated carbocycles. The Morgan fingerprint density at radius 2 is 2.16 bits per heavy atom. The van der Waals surface area contributed by atoms with E-state index in [2.05, 4.69) is 27.0 Å². The first-order valence-electron chi connectivity index (χ1n) is 6.98. The number of rotatable bonds is 3. The predicted octanol–water partition coefficient (Wildman–Crippen LogP) is 2.58. The normalized spacial score (nSPS) is 21.4. The molecule has 4 rings (SSSR count). The quantitative estimate of drug-likeness (QED) is 0.828. The molecule has 0 radical (unpaired) electrons. The van der Waals surface area contributed by atoms with Crippen LogP contribution in [0, 0.1) is 0 Å². The van der Waals surface area contributed by atoms with Crippen LogP contribution in [0.3, 0.4) is 0 Å². The number of nitrogen functional groups attached to an aromatic ring is 1. The summed E-state index contributed by atoms with van der Waals surface area (Å²) in [6, 6.07) is 7.43. The Morgan fingerprint density at radius 1 is 1.26 bits per heavy atom. The smallest absolute Gasteiger partial charge is 0.0953 e. The fourth-order valence-electron chi connectivity index (χ4n) is 2.91. The summed E-state index contributed by atoms with van der Waals surface area (Å²) >= 11 is 0. The van der Waals surface area contributed by atoms with Gasteiger partial charge in [0.1, 0.15) is 0 Å². The lowest BCUT2D eigenvalue weighted by molar-refractivity contribution is 0.616. The van der Waals surface area contributed by atoms with Crippen LogP contribution in [0.4, 0.5) is 11.4 Å². The predicted molar refractivity (Wildman–Crippen MR) is 76.2 cm³/mol. The highest BCUT2D eigenvalue weighted by Crippen LogP contribution is 2.35. The van der Waals surface area contributed by atoms with E-state index in [0.29, 0.717) is 12.1 Å². The number of nitrogens with zero attached hydrogens (tertiary/aromatic N) is 2. The van der Waals surface area contributed by atoms with Gasteiger partial charge in [0.25, 0.3) is 0 Å². The third-order valence-corrected chi connectivity index (χ3v) is 4.16. The van der Waals surface area contributed by atoms with Crippen LogP contribution < -0.4 is 11.1 Å². The number of nitrogens with two attached hydrogens (primary N) is 1. The van der Waals surface area contributed by atoms with E-state index in [1.54, 1.807) is 0 Å². The number of aromatic nitrogens is 2. The minimum atomic E-state index is 0.415. The molecule has 98 valence electrons. The van der Waals surface area contributed by atoms with E-state index in [1.807, 2.05) is 18.6 Å². The van der Waals surface area contributed by atoms with Gasteiger partial charge in [0, 0.05) is 17.9 Å². The van der Waals surface area contributed by atoms with Crippen LogP contribution in [-0.2, 0) is 6.42 Å². The molecule has 1 aromatic carbocycles. The number of aryl methyl sites for hydroxylation is 1. The van der Waals surface area contributed by atoms with Crippen molar-refractivity contribution >= 4 is 11.4 Å². The van der Waals surface area contributed by atoms with Gasteiger partial charge in [0.05, 0.1) is 23.7 Å². The second kappa shape index (κ2) is 4.02. The molecule has 19 heavy (non-hydrogen) atoms. The molecular weight excluding hydrogens is 236 g/mol. The Hall–Kier alpha value is -1.97. The summed E-state index contributed by atoms with van der Waals surface area (Å²) in [5.41, 5.74) is 10.7. The molecular formula is C15H18N4. The highest BCUT2D eigenvalue weighted by molar-refractivity contribution is 5.68. The monoisotopic (exact) mass is 254 g/mol. The zero-order valence-corrected chi connectivity index (χ0v) is 10.8. The summed E-state index contributed by atoms with van der Waals surface area (Å²) in [6.07, 6.45) is 8.71. The third-order valence-electron chi connectivity index (χ3n) is 4.16. The lowest BCUT2D eigenvalue weighted by Crippen LogP contribution is -2.08. The maximum Gasteiger partial charge on any atom is 0.0953 e. The number of hydrogen-bond donors (Lipinski definition) is 2. The first-order valence-corrected chi connectivity index (χ1v) is 6.98. The third kappa shape index (κ3) is 1.87. The molecule has 1 aromatic heterocycles. The highest BCUT2D eigenvalue weighted by atomic mass is 15.1. The van der Waals surface area contributed by atoms with Crippen molar-refractivity contribution in [1.82, 2.24) is 9.55 Å². The molecule has 0 bridgehead atoms. The average molecular weight is 254 g/mol. The minimum Gasteiger partial charge on any atom is -0.397 e. The van der Waals surface area contributed by atoms with E-state index in [1.165, 1.54) is 24.1 Å². The molecule has 1 atom stereocenters. The van der Waals surface area contributed by atoms with Crippen LogP contribution in [0.25, 0.3) is 0 Å². The van der Waals surface area contributed by atoms with Gasteiger partial charge in [-0.2, -0.15) is 0 Å².